The third kappa shape index (κ3) is 3.03. The second kappa shape index (κ2) is 5.42. The molecule has 6 nitrogen and oxygen atoms in total. The summed E-state index contributed by atoms with van der Waals surface area (Å²) in [6.07, 6.45) is 0. The first-order valence-electron chi connectivity index (χ1n) is 5.11. The molecular weight excluding hydrogens is 272 g/mol. The van der Waals surface area contributed by atoms with Crippen LogP contribution in [0.1, 0.15) is 21.8 Å². The molecule has 0 aliphatic heterocycles. The van der Waals surface area contributed by atoms with Gasteiger partial charge < -0.3 is 14.4 Å². The predicted molar refractivity (Wildman–Crippen MR) is 64.0 cm³/mol. The zero-order chi connectivity index (χ0) is 13.8. The average molecular weight is 279 g/mol. The Hall–Kier alpha value is -2.52. The predicted octanol–water partition coefficient (Wildman–Crippen LogP) is 2.48. The van der Waals surface area contributed by atoms with Crippen LogP contribution in [0, 0.1) is 11.3 Å². The highest BCUT2D eigenvalue weighted by Crippen LogP contribution is 2.26. The van der Waals surface area contributed by atoms with Crippen LogP contribution in [0.3, 0.4) is 0 Å². The van der Waals surface area contributed by atoms with E-state index in [1.807, 2.05) is 6.07 Å². The second-order valence-corrected chi connectivity index (χ2v) is 3.94. The Morgan fingerprint density at radius 1 is 1.53 bits per heavy atom. The maximum absolute atomic E-state index is 10.6. The number of hydrogen-bond donors (Lipinski definition) is 1. The summed E-state index contributed by atoms with van der Waals surface area (Å²) in [5.41, 5.74) is 0.231. The number of rotatable bonds is 4. The maximum atomic E-state index is 10.6. The molecule has 2 rings (SSSR count). The zero-order valence-corrected chi connectivity index (χ0v) is 10.2. The van der Waals surface area contributed by atoms with Gasteiger partial charge in [0.1, 0.15) is 12.4 Å². The number of aromatic nitrogens is 1. The number of hydrogen-bond acceptors (Lipinski definition) is 5. The van der Waals surface area contributed by atoms with Gasteiger partial charge in [0.2, 0.25) is 0 Å². The number of halogens is 1. The van der Waals surface area contributed by atoms with Gasteiger partial charge in [0, 0.05) is 6.07 Å². The maximum Gasteiger partial charge on any atom is 0.358 e. The van der Waals surface area contributed by atoms with E-state index < -0.39 is 5.97 Å². The molecule has 2 aromatic rings. The lowest BCUT2D eigenvalue weighted by Gasteiger charge is -2.05. The molecular formula is C12H7ClN2O4. The summed E-state index contributed by atoms with van der Waals surface area (Å²) in [7, 11) is 0. The Balaban J connectivity index is 2.06. The van der Waals surface area contributed by atoms with Crippen LogP contribution in [0.25, 0.3) is 0 Å². The van der Waals surface area contributed by atoms with Crippen molar-refractivity contribution in [3.8, 4) is 11.8 Å². The van der Waals surface area contributed by atoms with Crippen molar-refractivity contribution in [2.45, 2.75) is 6.61 Å². The minimum absolute atomic E-state index is 0.00804. The molecule has 1 N–H and O–H groups in total. The Morgan fingerprint density at radius 2 is 2.32 bits per heavy atom. The molecule has 0 saturated heterocycles. The van der Waals surface area contributed by atoms with Crippen molar-refractivity contribution in [3.05, 3.63) is 46.3 Å². The number of carboxylic acid groups (broad SMARTS) is 1. The van der Waals surface area contributed by atoms with Crippen LogP contribution in [0.2, 0.25) is 5.02 Å². The standard InChI is InChI=1S/C12H7ClN2O4/c13-9-3-7(5-14)1-2-11(9)18-6-8-4-10(12(16)17)15-19-8/h1-4H,6H2,(H,16,17). The van der Waals surface area contributed by atoms with Crippen LogP contribution in [-0.4, -0.2) is 16.2 Å². The van der Waals surface area contributed by atoms with Crippen LogP contribution >= 0.6 is 11.6 Å². The highest BCUT2D eigenvalue weighted by Gasteiger charge is 2.11. The van der Waals surface area contributed by atoms with E-state index >= 15 is 0 Å². The van der Waals surface area contributed by atoms with Gasteiger partial charge in [-0.05, 0) is 18.2 Å². The Labute approximate surface area is 112 Å². The molecule has 1 heterocycles. The van der Waals surface area contributed by atoms with Crippen molar-refractivity contribution in [1.82, 2.24) is 5.16 Å². The molecule has 0 amide bonds. The van der Waals surface area contributed by atoms with Crippen molar-refractivity contribution < 1.29 is 19.2 Å². The third-order valence-electron chi connectivity index (χ3n) is 2.21. The van der Waals surface area contributed by atoms with Gasteiger partial charge in [0.05, 0.1) is 16.7 Å². The zero-order valence-electron chi connectivity index (χ0n) is 9.46. The smallest absolute Gasteiger partial charge is 0.358 e. The Morgan fingerprint density at radius 3 is 2.89 bits per heavy atom. The van der Waals surface area contributed by atoms with Gasteiger partial charge in [0.25, 0.3) is 0 Å². The molecule has 0 radical (unpaired) electrons. The summed E-state index contributed by atoms with van der Waals surface area (Å²) in [5, 5.41) is 21.0. The fraction of sp³-hybridized carbons (Fsp3) is 0.0833. The number of nitrogens with zero attached hydrogens (tertiary/aromatic N) is 2. The first-order chi connectivity index (χ1) is 9.10. The van der Waals surface area contributed by atoms with E-state index in [1.54, 1.807) is 12.1 Å². The van der Waals surface area contributed by atoms with E-state index in [9.17, 15) is 4.79 Å². The molecule has 1 aromatic heterocycles. The molecule has 0 aliphatic rings. The Kier molecular flexibility index (Phi) is 3.68. The SMILES string of the molecule is N#Cc1ccc(OCc2cc(C(=O)O)no2)c(Cl)c1. The van der Waals surface area contributed by atoms with Crippen LogP contribution < -0.4 is 4.74 Å². The van der Waals surface area contributed by atoms with E-state index in [0.717, 1.165) is 0 Å². The van der Waals surface area contributed by atoms with Gasteiger partial charge in [-0.2, -0.15) is 5.26 Å². The van der Waals surface area contributed by atoms with Crippen LogP contribution in [0.15, 0.2) is 28.8 Å². The van der Waals surface area contributed by atoms with Gasteiger partial charge in [-0.1, -0.05) is 16.8 Å². The van der Waals surface area contributed by atoms with E-state index in [2.05, 4.69) is 5.16 Å². The molecule has 96 valence electrons. The topological polar surface area (TPSA) is 96.3 Å². The van der Waals surface area contributed by atoms with Crippen molar-refractivity contribution in [1.29, 1.82) is 5.26 Å². The molecule has 0 fully saturated rings. The second-order valence-electron chi connectivity index (χ2n) is 3.53. The summed E-state index contributed by atoms with van der Waals surface area (Å²) in [6, 6.07) is 7.80. The number of carboxylic acids is 1. The number of aromatic carboxylic acids is 1. The molecule has 0 aliphatic carbocycles. The molecule has 1 aromatic carbocycles. The number of carbonyl (C=O) groups is 1. The minimum Gasteiger partial charge on any atom is -0.484 e. The Bertz CT molecular complexity index is 660. The largest absolute Gasteiger partial charge is 0.484 e. The monoisotopic (exact) mass is 278 g/mol. The highest BCUT2D eigenvalue weighted by atomic mass is 35.5. The van der Waals surface area contributed by atoms with Crippen molar-refractivity contribution in [3.63, 3.8) is 0 Å². The lowest BCUT2D eigenvalue weighted by Crippen LogP contribution is -1.96. The summed E-state index contributed by atoms with van der Waals surface area (Å²) in [6.45, 7) is -0.00804. The van der Waals surface area contributed by atoms with Crippen molar-refractivity contribution in [2.75, 3.05) is 0 Å². The lowest BCUT2D eigenvalue weighted by molar-refractivity contribution is 0.0685. The van der Waals surface area contributed by atoms with Gasteiger partial charge in [0.15, 0.2) is 11.5 Å². The third-order valence-corrected chi connectivity index (χ3v) is 2.50. The quantitative estimate of drug-likeness (QED) is 0.923. The minimum atomic E-state index is -1.17. The van der Waals surface area contributed by atoms with Crippen molar-refractivity contribution >= 4 is 17.6 Å². The molecule has 0 bridgehead atoms. The number of ether oxygens (including phenoxy) is 1. The highest BCUT2D eigenvalue weighted by molar-refractivity contribution is 6.32. The van der Waals surface area contributed by atoms with Gasteiger partial charge in [-0.15, -0.1) is 0 Å². The molecule has 0 saturated carbocycles. The first-order valence-corrected chi connectivity index (χ1v) is 5.49. The summed E-state index contributed by atoms with van der Waals surface area (Å²) in [5.74, 6) is -0.543. The molecule has 0 unspecified atom stereocenters. The molecule has 7 heteroatoms. The van der Waals surface area contributed by atoms with Crippen molar-refractivity contribution in [2.24, 2.45) is 0 Å². The number of nitriles is 1. The normalized spacial score (nSPS) is 9.89. The first kappa shape index (κ1) is 12.9. The van der Waals surface area contributed by atoms with E-state index in [4.69, 9.17) is 31.2 Å². The van der Waals surface area contributed by atoms with E-state index in [-0.39, 0.29) is 23.1 Å². The van der Waals surface area contributed by atoms with E-state index in [1.165, 1.54) is 12.1 Å². The van der Waals surface area contributed by atoms with Gasteiger partial charge in [-0.3, -0.25) is 0 Å². The van der Waals surface area contributed by atoms with Crippen LogP contribution in [0.5, 0.6) is 5.75 Å². The molecule has 0 spiro atoms. The number of benzene rings is 1. The fourth-order valence-electron chi connectivity index (χ4n) is 1.32. The van der Waals surface area contributed by atoms with Gasteiger partial charge >= 0.3 is 5.97 Å². The summed E-state index contributed by atoms with van der Waals surface area (Å²) in [4.78, 5) is 10.6. The summed E-state index contributed by atoms with van der Waals surface area (Å²) < 4.78 is 10.1. The fourth-order valence-corrected chi connectivity index (χ4v) is 1.55. The summed E-state index contributed by atoms with van der Waals surface area (Å²) >= 11 is 5.91. The molecule has 19 heavy (non-hydrogen) atoms. The van der Waals surface area contributed by atoms with E-state index in [0.29, 0.717) is 11.3 Å². The van der Waals surface area contributed by atoms with Crippen LogP contribution in [0.4, 0.5) is 0 Å². The molecule has 0 atom stereocenters. The van der Waals surface area contributed by atoms with Crippen LogP contribution in [-0.2, 0) is 6.61 Å². The van der Waals surface area contributed by atoms with Gasteiger partial charge in [-0.25, -0.2) is 4.79 Å². The average Bonchev–Trinajstić information content (AvgIpc) is 2.86. The lowest BCUT2D eigenvalue weighted by atomic mass is 10.2.